The highest BCUT2D eigenvalue weighted by atomic mass is 16.6. The summed E-state index contributed by atoms with van der Waals surface area (Å²) in [5, 5.41) is 13.7. The van der Waals surface area contributed by atoms with Crippen molar-refractivity contribution in [3.05, 3.63) is 12.3 Å². The number of hydrogen-bond acceptors (Lipinski definition) is 4. The fourth-order valence-electron chi connectivity index (χ4n) is 2.21. The van der Waals surface area contributed by atoms with Gasteiger partial charge in [0.25, 0.3) is 0 Å². The Labute approximate surface area is 113 Å². The minimum atomic E-state index is -0.464. The van der Waals surface area contributed by atoms with E-state index in [1.807, 2.05) is 20.8 Å². The van der Waals surface area contributed by atoms with Crippen molar-refractivity contribution in [3.8, 4) is 5.88 Å². The molecule has 0 bridgehead atoms. The summed E-state index contributed by atoms with van der Waals surface area (Å²) in [4.78, 5) is 13.6. The lowest BCUT2D eigenvalue weighted by molar-refractivity contribution is 0.0183. The fraction of sp³-hybridized carbons (Fsp3) is 0.692. The number of aromatic hydroxyl groups is 1. The first-order valence-electron chi connectivity index (χ1n) is 6.57. The molecule has 0 unspecified atom stereocenters. The highest BCUT2D eigenvalue weighted by molar-refractivity contribution is 5.68. The number of likely N-dealkylation sites (tertiary alicyclic amines) is 1. The second-order valence-corrected chi connectivity index (χ2v) is 5.83. The number of rotatable bonds is 1. The summed E-state index contributed by atoms with van der Waals surface area (Å²) in [6, 6.07) is 1.72. The Hall–Kier alpha value is -1.72. The van der Waals surface area contributed by atoms with E-state index in [9.17, 15) is 9.90 Å². The van der Waals surface area contributed by atoms with Crippen LogP contribution in [-0.4, -0.2) is 44.6 Å². The Morgan fingerprint density at radius 1 is 1.42 bits per heavy atom. The topological polar surface area (TPSA) is 67.6 Å². The van der Waals surface area contributed by atoms with Crippen molar-refractivity contribution in [1.82, 2.24) is 14.7 Å². The summed E-state index contributed by atoms with van der Waals surface area (Å²) in [5.41, 5.74) is -0.464. The average Bonchev–Trinajstić information content (AvgIpc) is 2.73. The number of aromatic nitrogens is 2. The summed E-state index contributed by atoms with van der Waals surface area (Å²) < 4.78 is 6.96. The van der Waals surface area contributed by atoms with Gasteiger partial charge in [0, 0.05) is 19.2 Å². The second kappa shape index (κ2) is 5.11. The molecule has 0 radical (unpaired) electrons. The highest BCUT2D eigenvalue weighted by Gasteiger charge is 2.28. The maximum Gasteiger partial charge on any atom is 0.410 e. The highest BCUT2D eigenvalue weighted by Crippen LogP contribution is 2.26. The molecule has 19 heavy (non-hydrogen) atoms. The molecule has 0 saturated carbocycles. The standard InChI is InChI=1S/C13H21N3O3/c1-13(2,3)19-12(18)15-8-5-10(6-9-15)16-11(17)4-7-14-16/h4,7,10,17H,5-6,8-9H2,1-3H3. The Bertz CT molecular complexity index is 442. The molecule has 1 fully saturated rings. The average molecular weight is 267 g/mol. The van der Waals surface area contributed by atoms with Crippen molar-refractivity contribution in [1.29, 1.82) is 0 Å². The van der Waals surface area contributed by atoms with Crippen molar-refractivity contribution in [2.45, 2.75) is 45.3 Å². The lowest BCUT2D eigenvalue weighted by Gasteiger charge is -2.33. The molecule has 0 atom stereocenters. The third-order valence-corrected chi connectivity index (χ3v) is 3.11. The third-order valence-electron chi connectivity index (χ3n) is 3.11. The van der Waals surface area contributed by atoms with Gasteiger partial charge in [0.05, 0.1) is 12.2 Å². The molecule has 1 amide bonds. The molecule has 1 aromatic heterocycles. The van der Waals surface area contributed by atoms with Crippen LogP contribution in [0, 0.1) is 0 Å². The molecule has 0 aromatic carbocycles. The summed E-state index contributed by atoms with van der Waals surface area (Å²) >= 11 is 0. The first kappa shape index (κ1) is 13.7. The number of carbonyl (C=O) groups excluding carboxylic acids is 1. The van der Waals surface area contributed by atoms with Gasteiger partial charge < -0.3 is 14.7 Å². The van der Waals surface area contributed by atoms with E-state index in [1.165, 1.54) is 0 Å². The van der Waals surface area contributed by atoms with Crippen LogP contribution in [0.3, 0.4) is 0 Å². The predicted octanol–water partition coefficient (Wildman–Crippen LogP) is 2.16. The molecule has 1 aliphatic heterocycles. The van der Waals surface area contributed by atoms with Crippen molar-refractivity contribution < 1.29 is 14.6 Å². The SMILES string of the molecule is CC(C)(C)OC(=O)N1CCC(n2nccc2O)CC1. The van der Waals surface area contributed by atoms with E-state index in [2.05, 4.69) is 5.10 Å². The number of ether oxygens (including phenoxy) is 1. The molecule has 1 saturated heterocycles. The van der Waals surface area contributed by atoms with Crippen LogP contribution in [0.25, 0.3) is 0 Å². The van der Waals surface area contributed by atoms with Gasteiger partial charge in [-0.1, -0.05) is 0 Å². The largest absolute Gasteiger partial charge is 0.493 e. The molecule has 2 rings (SSSR count). The third kappa shape index (κ3) is 3.39. The lowest BCUT2D eigenvalue weighted by atomic mass is 10.1. The Balaban J connectivity index is 1.89. The summed E-state index contributed by atoms with van der Waals surface area (Å²) in [6.07, 6.45) is 2.86. The van der Waals surface area contributed by atoms with Gasteiger partial charge in [-0.2, -0.15) is 5.10 Å². The van der Waals surface area contributed by atoms with E-state index < -0.39 is 5.60 Å². The van der Waals surface area contributed by atoms with Crippen LogP contribution in [-0.2, 0) is 4.74 Å². The molecule has 0 aliphatic carbocycles. The van der Waals surface area contributed by atoms with E-state index in [1.54, 1.807) is 21.8 Å². The van der Waals surface area contributed by atoms with Crippen LogP contribution < -0.4 is 0 Å². The minimum Gasteiger partial charge on any atom is -0.493 e. The zero-order valence-corrected chi connectivity index (χ0v) is 11.7. The van der Waals surface area contributed by atoms with Gasteiger partial charge in [0.1, 0.15) is 5.60 Å². The minimum absolute atomic E-state index is 0.147. The second-order valence-electron chi connectivity index (χ2n) is 5.83. The van der Waals surface area contributed by atoms with Gasteiger partial charge in [0.15, 0.2) is 0 Å². The van der Waals surface area contributed by atoms with Crippen LogP contribution in [0.15, 0.2) is 12.3 Å². The van der Waals surface area contributed by atoms with E-state index in [0.29, 0.717) is 13.1 Å². The molecule has 6 nitrogen and oxygen atoms in total. The van der Waals surface area contributed by atoms with Crippen LogP contribution in [0.1, 0.15) is 39.7 Å². The van der Waals surface area contributed by atoms with Gasteiger partial charge in [-0.3, -0.25) is 0 Å². The van der Waals surface area contributed by atoms with Crippen molar-refractivity contribution >= 4 is 6.09 Å². The molecule has 6 heteroatoms. The Morgan fingerprint density at radius 3 is 2.53 bits per heavy atom. The monoisotopic (exact) mass is 267 g/mol. The van der Waals surface area contributed by atoms with E-state index >= 15 is 0 Å². The molecule has 1 aliphatic rings. The molecule has 0 spiro atoms. The van der Waals surface area contributed by atoms with E-state index in [4.69, 9.17) is 4.74 Å². The van der Waals surface area contributed by atoms with Gasteiger partial charge in [0.2, 0.25) is 5.88 Å². The van der Waals surface area contributed by atoms with Crippen molar-refractivity contribution in [2.24, 2.45) is 0 Å². The summed E-state index contributed by atoms with van der Waals surface area (Å²) in [6.45, 7) is 6.83. The van der Waals surface area contributed by atoms with Crippen LogP contribution >= 0.6 is 0 Å². The smallest absolute Gasteiger partial charge is 0.410 e. The number of amides is 1. The Kier molecular flexibility index (Phi) is 3.68. The first-order chi connectivity index (χ1) is 8.87. The van der Waals surface area contributed by atoms with Gasteiger partial charge >= 0.3 is 6.09 Å². The summed E-state index contributed by atoms with van der Waals surface area (Å²) in [7, 11) is 0. The number of nitrogens with zero attached hydrogens (tertiary/aromatic N) is 3. The van der Waals surface area contributed by atoms with Gasteiger partial charge in [-0.15, -0.1) is 0 Å². The normalized spacial score (nSPS) is 17.5. The Morgan fingerprint density at radius 2 is 2.05 bits per heavy atom. The lowest BCUT2D eigenvalue weighted by Crippen LogP contribution is -2.42. The quantitative estimate of drug-likeness (QED) is 0.846. The molecule has 106 valence electrons. The van der Waals surface area contributed by atoms with Gasteiger partial charge in [-0.05, 0) is 33.6 Å². The van der Waals surface area contributed by atoms with Crippen LogP contribution in [0.4, 0.5) is 4.79 Å². The van der Waals surface area contributed by atoms with Crippen LogP contribution in [0.5, 0.6) is 5.88 Å². The zero-order chi connectivity index (χ0) is 14.0. The maximum atomic E-state index is 11.9. The first-order valence-corrected chi connectivity index (χ1v) is 6.57. The zero-order valence-electron chi connectivity index (χ0n) is 11.7. The molecule has 2 heterocycles. The number of piperidine rings is 1. The van der Waals surface area contributed by atoms with Gasteiger partial charge in [-0.25, -0.2) is 9.48 Å². The maximum absolute atomic E-state index is 11.9. The molecule has 1 N–H and O–H groups in total. The summed E-state index contributed by atoms with van der Waals surface area (Å²) in [5.74, 6) is 0.177. The van der Waals surface area contributed by atoms with Crippen LogP contribution in [0.2, 0.25) is 0 Å². The van der Waals surface area contributed by atoms with Crippen molar-refractivity contribution in [3.63, 3.8) is 0 Å². The van der Waals surface area contributed by atoms with Crippen molar-refractivity contribution in [2.75, 3.05) is 13.1 Å². The predicted molar refractivity (Wildman–Crippen MR) is 70.0 cm³/mol. The molecule has 1 aromatic rings. The molecular formula is C13H21N3O3. The fourth-order valence-corrected chi connectivity index (χ4v) is 2.21. The molecular weight excluding hydrogens is 246 g/mol. The van der Waals surface area contributed by atoms with E-state index in [0.717, 1.165) is 12.8 Å². The number of hydrogen-bond donors (Lipinski definition) is 1. The number of carbonyl (C=O) groups is 1. The van der Waals surface area contributed by atoms with E-state index in [-0.39, 0.29) is 18.0 Å².